The van der Waals surface area contributed by atoms with Crippen molar-refractivity contribution < 1.29 is 60.5 Å². The third-order valence-electron chi connectivity index (χ3n) is 2.11. The van der Waals surface area contributed by atoms with Crippen LogP contribution in [0.15, 0.2) is 30.3 Å². The first-order valence-electron chi connectivity index (χ1n) is 3.86. The first kappa shape index (κ1) is 17.1. The summed E-state index contributed by atoms with van der Waals surface area (Å²) in [5.74, 6) is 0. The molecular formula is C10H10Cl3Zr. The molecule has 1 aromatic carbocycles. The Morgan fingerprint density at radius 3 is 2.36 bits per heavy atom. The van der Waals surface area contributed by atoms with Crippen LogP contribution in [-0.4, -0.2) is 0 Å². The number of allylic oxidation sites excluding steroid dienone is 1. The zero-order valence-electron chi connectivity index (χ0n) is 7.68. The maximum atomic E-state index is 2.40. The van der Waals surface area contributed by atoms with E-state index in [1.807, 2.05) is 0 Å². The van der Waals surface area contributed by atoms with Gasteiger partial charge >= 0.3 is 79.0 Å². The number of rotatable bonds is 1. The smallest absolute Gasteiger partial charge is 1.00 e. The maximum absolute atomic E-state index is 2.40. The predicted molar refractivity (Wildman–Crippen MR) is 44.1 cm³/mol. The summed E-state index contributed by atoms with van der Waals surface area (Å²) in [6.07, 6.45) is 4.64. The summed E-state index contributed by atoms with van der Waals surface area (Å²) >= 11 is -0.156. The summed E-state index contributed by atoms with van der Waals surface area (Å²) < 4.78 is 3.25. The van der Waals surface area contributed by atoms with E-state index in [9.17, 15) is 0 Å². The summed E-state index contributed by atoms with van der Waals surface area (Å²) in [7, 11) is 0. The van der Waals surface area contributed by atoms with Crippen molar-refractivity contribution in [1.82, 2.24) is 0 Å². The Hall–Kier alpha value is 0.713. The molecule has 0 bridgehead atoms. The van der Waals surface area contributed by atoms with Gasteiger partial charge in [0.15, 0.2) is 0 Å². The van der Waals surface area contributed by atoms with Gasteiger partial charge in [0.2, 0.25) is 0 Å². The minimum Gasteiger partial charge on any atom is -1.00 e. The fourth-order valence-corrected chi connectivity index (χ4v) is 3.62. The zero-order valence-corrected chi connectivity index (χ0v) is 12.4. The first-order valence-corrected chi connectivity index (χ1v) is 7.74. The molecule has 0 saturated heterocycles. The summed E-state index contributed by atoms with van der Waals surface area (Å²) in [6, 6.07) is 8.74. The molecule has 1 unspecified atom stereocenters. The Bertz CT molecular complexity index is 299. The molecule has 0 saturated carbocycles. The number of hydrogen-bond donors (Lipinski definition) is 0. The molecule has 2 rings (SSSR count). The zero-order chi connectivity index (χ0) is 7.68. The molecule has 0 aliphatic heterocycles. The largest absolute Gasteiger partial charge is 1.00 e. The molecule has 1 aliphatic carbocycles. The van der Waals surface area contributed by atoms with Crippen molar-refractivity contribution in [3.63, 3.8) is 0 Å². The van der Waals surface area contributed by atoms with Gasteiger partial charge in [0.05, 0.1) is 0 Å². The van der Waals surface area contributed by atoms with E-state index in [4.69, 9.17) is 0 Å². The topological polar surface area (TPSA) is 0 Å². The van der Waals surface area contributed by atoms with Gasteiger partial charge in [0.1, 0.15) is 0 Å². The van der Waals surface area contributed by atoms with E-state index in [0.29, 0.717) is 0 Å². The van der Waals surface area contributed by atoms with Crippen LogP contribution in [0, 0.1) is 0 Å². The van der Waals surface area contributed by atoms with Crippen molar-refractivity contribution in [2.45, 2.75) is 8.26 Å². The quantitative estimate of drug-likeness (QED) is 0.482. The normalized spacial score (nSPS) is 15.4. The monoisotopic (exact) mass is 325 g/mol. The molecule has 1 aromatic rings. The maximum Gasteiger partial charge on any atom is -1.00 e. The van der Waals surface area contributed by atoms with Gasteiger partial charge in [-0.1, -0.05) is 0 Å². The van der Waals surface area contributed by atoms with E-state index in [1.165, 1.54) is 5.56 Å². The van der Waals surface area contributed by atoms with Crippen molar-refractivity contribution in [3.8, 4) is 0 Å². The average molecular weight is 328 g/mol. The van der Waals surface area contributed by atoms with E-state index in [2.05, 4.69) is 41.0 Å². The molecule has 0 nitrogen and oxygen atoms in total. The third kappa shape index (κ3) is 3.38. The minimum absolute atomic E-state index is 0. The molecule has 0 radical (unpaired) electrons. The van der Waals surface area contributed by atoms with Crippen LogP contribution >= 0.6 is 0 Å². The Balaban J connectivity index is 0. The molecule has 1 aliphatic rings. The minimum atomic E-state index is -0.156. The van der Waals surface area contributed by atoms with Crippen LogP contribution in [0.1, 0.15) is 14.8 Å². The SMILES string of the molecule is [CH3][Zr+3][CH]1C=Cc2ccccc21.[Cl-].[Cl-].[Cl-]. The Morgan fingerprint density at radius 2 is 1.71 bits per heavy atom. The number of fused-ring (bicyclic) bond motifs is 1. The van der Waals surface area contributed by atoms with Crippen LogP contribution in [0.5, 0.6) is 0 Å². The van der Waals surface area contributed by atoms with Gasteiger partial charge < -0.3 is 37.2 Å². The van der Waals surface area contributed by atoms with E-state index in [1.54, 1.807) is 5.56 Å². The molecule has 1 atom stereocenters. The van der Waals surface area contributed by atoms with Gasteiger partial charge in [0.25, 0.3) is 0 Å². The van der Waals surface area contributed by atoms with Gasteiger partial charge in [-0.25, -0.2) is 0 Å². The summed E-state index contributed by atoms with van der Waals surface area (Å²) in [4.78, 5) is 0. The second-order valence-electron chi connectivity index (χ2n) is 2.75. The second kappa shape index (κ2) is 7.93. The van der Waals surface area contributed by atoms with Crippen molar-refractivity contribution in [3.05, 3.63) is 41.5 Å². The Kier molecular flexibility index (Phi) is 9.70. The van der Waals surface area contributed by atoms with E-state index >= 15 is 0 Å². The molecule has 0 fully saturated rings. The number of benzene rings is 1. The van der Waals surface area contributed by atoms with Gasteiger partial charge in [-0.3, -0.25) is 0 Å². The molecule has 14 heavy (non-hydrogen) atoms. The molecule has 4 heteroatoms. The third-order valence-corrected chi connectivity index (χ3v) is 4.88. The van der Waals surface area contributed by atoms with Crippen LogP contribution in [-0.2, 0) is 23.2 Å². The number of hydrogen-bond acceptors (Lipinski definition) is 0. The first-order chi connectivity index (χ1) is 5.42. The molecule has 0 amide bonds. The van der Waals surface area contributed by atoms with Crippen LogP contribution in [0.4, 0.5) is 0 Å². The van der Waals surface area contributed by atoms with Crippen LogP contribution < -0.4 is 37.2 Å². The van der Waals surface area contributed by atoms with Crippen LogP contribution in [0.3, 0.4) is 0 Å². The average Bonchev–Trinajstić information content (AvgIpc) is 2.47. The van der Waals surface area contributed by atoms with Gasteiger partial charge in [-0.15, -0.1) is 0 Å². The Morgan fingerprint density at radius 1 is 1.07 bits per heavy atom. The Labute approximate surface area is 115 Å². The standard InChI is InChI=1S/C9H7.CH3.3ClH.Zr/c1-2-5-9-7-3-6-8(9)4-1;;;;;/h1-7H;1H3;3*1H;/q;;;;;+3/p-3. The van der Waals surface area contributed by atoms with Gasteiger partial charge in [0, 0.05) is 0 Å². The van der Waals surface area contributed by atoms with Crippen LogP contribution in [0.2, 0.25) is 4.63 Å². The molecule has 75 valence electrons. The van der Waals surface area contributed by atoms with Gasteiger partial charge in [-0.05, 0) is 0 Å². The molecule has 0 heterocycles. The number of halogens is 3. The predicted octanol–water partition coefficient (Wildman–Crippen LogP) is -6.10. The van der Waals surface area contributed by atoms with Gasteiger partial charge in [-0.2, -0.15) is 0 Å². The van der Waals surface area contributed by atoms with Crippen molar-refractivity contribution in [2.75, 3.05) is 0 Å². The molecular weight excluding hydrogens is 318 g/mol. The van der Waals surface area contributed by atoms with Crippen LogP contribution in [0.25, 0.3) is 6.08 Å². The molecule has 0 N–H and O–H groups in total. The second-order valence-corrected chi connectivity index (χ2v) is 5.70. The van der Waals surface area contributed by atoms with Crippen molar-refractivity contribution >= 4 is 6.08 Å². The van der Waals surface area contributed by atoms with Crippen molar-refractivity contribution in [1.29, 1.82) is 0 Å². The van der Waals surface area contributed by atoms with E-state index < -0.39 is 0 Å². The van der Waals surface area contributed by atoms with E-state index in [0.717, 1.165) is 3.63 Å². The summed E-state index contributed by atoms with van der Waals surface area (Å²) in [6.45, 7) is 0. The fourth-order valence-electron chi connectivity index (χ4n) is 1.50. The van der Waals surface area contributed by atoms with E-state index in [-0.39, 0.29) is 60.5 Å². The summed E-state index contributed by atoms with van der Waals surface area (Å²) in [5.41, 5.74) is 3.02. The fraction of sp³-hybridized carbons (Fsp3) is 0.200. The van der Waals surface area contributed by atoms with Crippen molar-refractivity contribution in [2.24, 2.45) is 0 Å². The summed E-state index contributed by atoms with van der Waals surface area (Å²) in [5, 5.41) is 0. The molecule has 0 aromatic heterocycles. The molecule has 0 spiro atoms.